The summed E-state index contributed by atoms with van der Waals surface area (Å²) < 4.78 is 22.9. The Hall–Kier alpha value is -0.820. The van der Waals surface area contributed by atoms with Gasteiger partial charge in [-0.2, -0.15) is 0 Å². The van der Waals surface area contributed by atoms with Crippen molar-refractivity contribution in [1.82, 2.24) is 4.90 Å². The number of nitrogens with zero attached hydrogens (tertiary/aromatic N) is 1. The average Bonchev–Trinajstić information content (AvgIpc) is 2.72. The Kier molecular flexibility index (Phi) is 6.75. The van der Waals surface area contributed by atoms with Gasteiger partial charge in [-0.1, -0.05) is 6.42 Å². The van der Waals surface area contributed by atoms with Gasteiger partial charge >= 0.3 is 5.97 Å². The van der Waals surface area contributed by atoms with Gasteiger partial charge in [-0.3, -0.25) is 9.59 Å². The van der Waals surface area contributed by atoms with Gasteiger partial charge in [0.05, 0.1) is 11.5 Å². The third-order valence-electron chi connectivity index (χ3n) is 3.37. The molecule has 116 valence electrons. The summed E-state index contributed by atoms with van der Waals surface area (Å²) in [6.07, 6.45) is 2.48. The molecule has 20 heavy (non-hydrogen) atoms. The summed E-state index contributed by atoms with van der Waals surface area (Å²) in [5, 5.41) is 8.53. The van der Waals surface area contributed by atoms with E-state index in [9.17, 15) is 18.0 Å². The molecule has 1 atom stereocenters. The number of aliphatic carboxylic acids is 1. The number of carboxylic acid groups (broad SMARTS) is 1. The topological polar surface area (TPSA) is 91.8 Å². The second kappa shape index (κ2) is 7.83. The Bertz CT molecular complexity index is 451. The van der Waals surface area contributed by atoms with Gasteiger partial charge in [0.25, 0.3) is 0 Å². The largest absolute Gasteiger partial charge is 0.481 e. The maximum absolute atomic E-state index is 11.8. The van der Waals surface area contributed by atoms with E-state index < -0.39 is 15.8 Å². The van der Waals surface area contributed by atoms with Crippen LogP contribution in [0.2, 0.25) is 0 Å². The van der Waals surface area contributed by atoms with Crippen molar-refractivity contribution in [2.45, 2.75) is 38.1 Å². The zero-order valence-corrected chi connectivity index (χ0v) is 12.8. The summed E-state index contributed by atoms with van der Waals surface area (Å²) in [4.78, 5) is 23.7. The highest BCUT2D eigenvalue weighted by atomic mass is 35.5. The first-order valence-electron chi connectivity index (χ1n) is 6.63. The van der Waals surface area contributed by atoms with Crippen LogP contribution in [0.15, 0.2) is 0 Å². The lowest BCUT2D eigenvalue weighted by molar-refractivity contribution is -0.137. The number of hydrogen-bond acceptors (Lipinski definition) is 4. The zero-order valence-electron chi connectivity index (χ0n) is 11.3. The molecule has 1 rings (SSSR count). The third-order valence-corrected chi connectivity index (χ3v) is 5.35. The molecule has 1 heterocycles. The van der Waals surface area contributed by atoms with Crippen LogP contribution >= 0.6 is 11.6 Å². The Balaban J connectivity index is 2.45. The van der Waals surface area contributed by atoms with Gasteiger partial charge in [0.1, 0.15) is 5.88 Å². The molecule has 1 aliphatic rings. The number of amides is 1. The van der Waals surface area contributed by atoms with E-state index >= 15 is 0 Å². The molecule has 1 N–H and O–H groups in total. The monoisotopic (exact) mass is 325 g/mol. The number of sulfone groups is 1. The minimum absolute atomic E-state index is 0.00472. The van der Waals surface area contributed by atoms with Crippen molar-refractivity contribution < 1.29 is 23.1 Å². The predicted molar refractivity (Wildman–Crippen MR) is 75.6 cm³/mol. The third kappa shape index (κ3) is 5.66. The second-order valence-corrected chi connectivity index (χ2v) is 7.48. The number of hydrogen-bond donors (Lipinski definition) is 1. The van der Waals surface area contributed by atoms with Crippen molar-refractivity contribution in [3.63, 3.8) is 0 Å². The molecule has 1 amide bonds. The molecule has 0 aliphatic carbocycles. The molecule has 0 bridgehead atoms. The van der Waals surface area contributed by atoms with Crippen molar-refractivity contribution in [2.75, 3.05) is 23.9 Å². The lowest BCUT2D eigenvalue weighted by Crippen LogP contribution is -2.42. The predicted octanol–water partition coefficient (Wildman–Crippen LogP) is 0.886. The summed E-state index contributed by atoms with van der Waals surface area (Å²) in [6.45, 7) is 0.436. The maximum atomic E-state index is 11.8. The minimum atomic E-state index is -3.04. The Morgan fingerprint density at radius 3 is 2.45 bits per heavy atom. The molecular formula is C12H20ClNO5S. The molecule has 0 aromatic rings. The lowest BCUT2D eigenvalue weighted by atomic mass is 10.1. The Morgan fingerprint density at radius 2 is 1.95 bits per heavy atom. The minimum Gasteiger partial charge on any atom is -0.481 e. The molecule has 1 fully saturated rings. The normalized spacial score (nSPS) is 20.8. The molecule has 8 heteroatoms. The van der Waals surface area contributed by atoms with Crippen LogP contribution in [0.5, 0.6) is 0 Å². The van der Waals surface area contributed by atoms with Crippen LogP contribution in [0.4, 0.5) is 0 Å². The number of alkyl halides is 1. The second-order valence-electron chi connectivity index (χ2n) is 4.98. The van der Waals surface area contributed by atoms with E-state index in [1.165, 1.54) is 4.90 Å². The summed E-state index contributed by atoms with van der Waals surface area (Å²) >= 11 is 5.56. The van der Waals surface area contributed by atoms with Crippen LogP contribution in [0, 0.1) is 0 Å². The van der Waals surface area contributed by atoms with Crippen molar-refractivity contribution in [3.05, 3.63) is 0 Å². The maximum Gasteiger partial charge on any atom is 0.303 e. The molecule has 0 spiro atoms. The van der Waals surface area contributed by atoms with Gasteiger partial charge in [-0.15, -0.1) is 11.6 Å². The van der Waals surface area contributed by atoms with E-state index in [0.717, 1.165) is 0 Å². The molecule has 0 aromatic carbocycles. The fraction of sp³-hybridized carbons (Fsp3) is 0.833. The van der Waals surface area contributed by atoms with Crippen molar-refractivity contribution in [1.29, 1.82) is 0 Å². The molecular weight excluding hydrogens is 306 g/mol. The summed E-state index contributed by atoms with van der Waals surface area (Å²) in [6, 6.07) is -0.286. The molecule has 0 unspecified atom stereocenters. The van der Waals surface area contributed by atoms with Gasteiger partial charge < -0.3 is 10.0 Å². The van der Waals surface area contributed by atoms with E-state index in [-0.39, 0.29) is 35.8 Å². The smallest absolute Gasteiger partial charge is 0.303 e. The first-order chi connectivity index (χ1) is 9.35. The summed E-state index contributed by atoms with van der Waals surface area (Å²) in [5.74, 6) is -1.13. The highest BCUT2D eigenvalue weighted by Gasteiger charge is 2.33. The molecule has 0 radical (unpaired) electrons. The van der Waals surface area contributed by atoms with Crippen LogP contribution in [0.25, 0.3) is 0 Å². The average molecular weight is 326 g/mol. The number of carbonyl (C=O) groups is 2. The van der Waals surface area contributed by atoms with Crippen molar-refractivity contribution >= 4 is 33.3 Å². The number of carboxylic acids is 1. The van der Waals surface area contributed by atoms with Gasteiger partial charge in [-0.05, 0) is 19.3 Å². The molecule has 0 saturated carbocycles. The van der Waals surface area contributed by atoms with Crippen LogP contribution in [0.3, 0.4) is 0 Å². The Morgan fingerprint density at radius 1 is 1.25 bits per heavy atom. The van der Waals surface area contributed by atoms with Crippen molar-refractivity contribution in [3.8, 4) is 0 Å². The van der Waals surface area contributed by atoms with Crippen LogP contribution < -0.4 is 0 Å². The van der Waals surface area contributed by atoms with Crippen LogP contribution in [-0.2, 0) is 19.4 Å². The van der Waals surface area contributed by atoms with E-state index in [1.54, 1.807) is 0 Å². The fourth-order valence-electron chi connectivity index (χ4n) is 2.34. The highest BCUT2D eigenvalue weighted by molar-refractivity contribution is 7.91. The number of carbonyl (C=O) groups excluding carboxylic acids is 1. The SMILES string of the molecule is O=C(O)CCCCCN(C(=O)CCl)[C@H]1CCS(=O)(=O)C1. The molecule has 0 aromatic heterocycles. The molecule has 1 aliphatic heterocycles. The van der Waals surface area contributed by atoms with Crippen LogP contribution in [0.1, 0.15) is 32.1 Å². The van der Waals surface area contributed by atoms with E-state index in [1.807, 2.05) is 0 Å². The molecule has 1 saturated heterocycles. The van der Waals surface area contributed by atoms with E-state index in [4.69, 9.17) is 16.7 Å². The quantitative estimate of drug-likeness (QED) is 0.528. The first-order valence-corrected chi connectivity index (χ1v) is 8.99. The Labute approximate surface area is 124 Å². The first kappa shape index (κ1) is 17.2. The summed E-state index contributed by atoms with van der Waals surface area (Å²) in [5.41, 5.74) is 0. The van der Waals surface area contributed by atoms with Gasteiger partial charge in [-0.25, -0.2) is 8.42 Å². The van der Waals surface area contributed by atoms with Gasteiger partial charge in [0.15, 0.2) is 9.84 Å². The van der Waals surface area contributed by atoms with Gasteiger partial charge in [0.2, 0.25) is 5.91 Å². The standard InChI is InChI=1S/C12H20ClNO5S/c13-8-11(15)14(6-3-1-2-4-12(16)17)10-5-7-20(18,19)9-10/h10H,1-9H2,(H,16,17)/t10-/m0/s1. The zero-order chi connectivity index (χ0) is 15.2. The fourth-order valence-corrected chi connectivity index (χ4v) is 4.23. The highest BCUT2D eigenvalue weighted by Crippen LogP contribution is 2.19. The van der Waals surface area contributed by atoms with E-state index in [0.29, 0.717) is 32.2 Å². The summed E-state index contributed by atoms with van der Waals surface area (Å²) in [7, 11) is -3.04. The number of rotatable bonds is 8. The van der Waals surface area contributed by atoms with Gasteiger partial charge in [0, 0.05) is 19.0 Å². The van der Waals surface area contributed by atoms with Crippen LogP contribution in [-0.4, -0.2) is 60.3 Å². The number of unbranched alkanes of at least 4 members (excludes halogenated alkanes) is 2. The molecule has 6 nitrogen and oxygen atoms in total. The lowest BCUT2D eigenvalue weighted by Gasteiger charge is -2.27. The number of halogens is 1. The van der Waals surface area contributed by atoms with Crippen molar-refractivity contribution in [2.24, 2.45) is 0 Å². The van der Waals surface area contributed by atoms with E-state index in [2.05, 4.69) is 0 Å².